The van der Waals surface area contributed by atoms with E-state index in [4.69, 9.17) is 33.2 Å². The Morgan fingerprint density at radius 3 is 1.23 bits per heavy atom. The van der Waals surface area contributed by atoms with Crippen molar-refractivity contribution in [3.63, 3.8) is 0 Å². The van der Waals surface area contributed by atoms with Crippen LogP contribution in [0.4, 0.5) is 0 Å². The molecule has 2 aliphatic carbocycles. The summed E-state index contributed by atoms with van der Waals surface area (Å²) in [6.07, 6.45) is 18.6. The van der Waals surface area contributed by atoms with Crippen LogP contribution in [0.5, 0.6) is 5.75 Å². The number of hydrogen-bond acceptors (Lipinski definition) is 13. The van der Waals surface area contributed by atoms with Crippen molar-refractivity contribution in [2.75, 3.05) is 26.4 Å². The number of hydrogen-bond donors (Lipinski definition) is 0. The van der Waals surface area contributed by atoms with Gasteiger partial charge in [-0.15, -0.1) is 0 Å². The second kappa shape index (κ2) is 34.9. The van der Waals surface area contributed by atoms with Gasteiger partial charge in [0.05, 0.1) is 29.5 Å². The normalized spacial score (nSPS) is 17.3. The van der Waals surface area contributed by atoms with Crippen LogP contribution in [0.1, 0.15) is 161 Å². The van der Waals surface area contributed by atoms with Crippen LogP contribution in [-0.4, -0.2) is 74.5 Å². The number of rotatable bonds is 24. The molecule has 2 saturated carbocycles. The third kappa shape index (κ3) is 25.7. The standard InChI is InChI=1S/C24H28O5.C23H32O4.C22H30O4/c1-4-24(2,3)23(26)28-17-16-27-22(25)15-12-19-10-13-21(14-11-19)29-18-20-8-6-5-7-9-20;1-5-23(3,4)22(25)26-16-19-10-13-20(14-11-19)27-21(24)15-12-18-8-6-17(2)7-9-18;1-4-22(2,3)21(24)25-16-18-10-13-19(14-11-18)26-20(23)15-12-17-8-6-5-7-9-17/h5-15H,4,16-18H2,1-3H3;6-9,12,15,19-20H,5,10-11,13-14,16H2,1-4H3;5-9,12,15,18-19H,4,10-11,13-14,16H2,1-3H3/b3*15-12+. The summed E-state index contributed by atoms with van der Waals surface area (Å²) in [4.78, 5) is 71.6. The summed E-state index contributed by atoms with van der Waals surface area (Å²) in [5, 5.41) is 0. The lowest BCUT2D eigenvalue weighted by molar-refractivity contribution is -0.158. The first-order chi connectivity index (χ1) is 39.1. The second-order valence-corrected chi connectivity index (χ2v) is 23.0. The molecular weight excluding hydrogens is 1040 g/mol. The number of ether oxygens (including phenoxy) is 7. The van der Waals surface area contributed by atoms with Crippen LogP contribution in [0, 0.1) is 35.0 Å². The smallest absolute Gasteiger partial charge is 0.331 e. The van der Waals surface area contributed by atoms with E-state index in [1.165, 1.54) is 23.8 Å². The van der Waals surface area contributed by atoms with Gasteiger partial charge in [-0.2, -0.15) is 0 Å². The van der Waals surface area contributed by atoms with Crippen LogP contribution < -0.4 is 4.74 Å². The number of benzene rings is 4. The van der Waals surface area contributed by atoms with Gasteiger partial charge in [-0.05, 0) is 184 Å². The quantitative estimate of drug-likeness (QED) is 0.0282. The Balaban J connectivity index is 0.000000265. The summed E-state index contributed by atoms with van der Waals surface area (Å²) < 4.78 is 37.9. The molecule has 2 fully saturated rings. The number of aryl methyl sites for hydroxylation is 1. The summed E-state index contributed by atoms with van der Waals surface area (Å²) in [6, 6.07) is 35.0. The van der Waals surface area contributed by atoms with Gasteiger partial charge in [-0.3, -0.25) is 14.4 Å². The first-order valence-electron chi connectivity index (χ1n) is 29.1. The van der Waals surface area contributed by atoms with Gasteiger partial charge in [0.2, 0.25) is 0 Å². The Bertz CT molecular complexity index is 2650. The summed E-state index contributed by atoms with van der Waals surface area (Å²) in [6.45, 7) is 20.8. The minimum atomic E-state index is -0.527. The highest BCUT2D eigenvalue weighted by molar-refractivity contribution is 5.88. The molecule has 0 unspecified atom stereocenters. The van der Waals surface area contributed by atoms with Gasteiger partial charge in [0.25, 0.3) is 0 Å². The zero-order valence-corrected chi connectivity index (χ0v) is 50.3. The van der Waals surface area contributed by atoms with Crippen molar-refractivity contribution in [2.24, 2.45) is 28.1 Å². The Hall–Kier alpha value is -7.28. The molecule has 4 aromatic rings. The molecule has 0 N–H and O–H groups in total. The molecule has 444 valence electrons. The van der Waals surface area contributed by atoms with Gasteiger partial charge in [0.1, 0.15) is 37.8 Å². The Labute approximate surface area is 488 Å². The maximum atomic E-state index is 12.1. The minimum Gasteiger partial charge on any atom is -0.489 e. The average Bonchev–Trinajstić information content (AvgIpc) is 3.49. The lowest BCUT2D eigenvalue weighted by Crippen LogP contribution is -2.30. The summed E-state index contributed by atoms with van der Waals surface area (Å²) in [7, 11) is 0. The molecule has 0 bridgehead atoms. The van der Waals surface area contributed by atoms with Gasteiger partial charge in [-0.1, -0.05) is 123 Å². The van der Waals surface area contributed by atoms with Crippen LogP contribution in [0.2, 0.25) is 0 Å². The molecule has 0 heterocycles. The third-order valence-electron chi connectivity index (χ3n) is 15.2. The number of esters is 6. The lowest BCUT2D eigenvalue weighted by atomic mass is 9.87. The molecule has 0 aromatic heterocycles. The minimum absolute atomic E-state index is 0.0287. The Morgan fingerprint density at radius 2 is 0.805 bits per heavy atom. The molecule has 6 rings (SSSR count). The van der Waals surface area contributed by atoms with Gasteiger partial charge in [0, 0.05) is 18.2 Å². The summed E-state index contributed by atoms with van der Waals surface area (Å²) in [5.74, 6) is -0.143. The highest BCUT2D eigenvalue weighted by atomic mass is 16.6. The van der Waals surface area contributed by atoms with Crippen LogP contribution in [-0.2, 0) is 63.8 Å². The predicted octanol–water partition coefficient (Wildman–Crippen LogP) is 14.7. The van der Waals surface area contributed by atoms with E-state index in [2.05, 4.69) is 0 Å². The SMILES string of the molecule is CCC(C)(C)C(=O)OCC1CCC(OC(=O)/C=C/c2ccc(C)cc2)CC1.CCC(C)(C)C(=O)OCC1CCC(OC(=O)/C=C/c2ccccc2)CC1.CCC(C)(C)C(=O)OCCOC(=O)/C=C/c1ccc(OCc2ccccc2)cc1. The van der Waals surface area contributed by atoms with Crippen molar-refractivity contribution in [3.05, 3.63) is 155 Å². The fourth-order valence-electron chi connectivity index (χ4n) is 8.12. The number of carbonyl (C=O) groups excluding carboxylic acids is 6. The van der Waals surface area contributed by atoms with Gasteiger partial charge < -0.3 is 33.2 Å². The topological polar surface area (TPSA) is 167 Å². The average molecular weight is 1130 g/mol. The van der Waals surface area contributed by atoms with Crippen molar-refractivity contribution in [2.45, 2.75) is 159 Å². The molecule has 4 aromatic carbocycles. The highest BCUT2D eigenvalue weighted by Gasteiger charge is 2.32. The van der Waals surface area contributed by atoms with E-state index in [-0.39, 0.29) is 55.3 Å². The van der Waals surface area contributed by atoms with Gasteiger partial charge in [0.15, 0.2) is 0 Å². The van der Waals surface area contributed by atoms with Gasteiger partial charge >= 0.3 is 35.8 Å². The van der Waals surface area contributed by atoms with E-state index in [1.54, 1.807) is 18.2 Å². The van der Waals surface area contributed by atoms with E-state index in [1.807, 2.05) is 178 Å². The number of carbonyl (C=O) groups is 6. The van der Waals surface area contributed by atoms with E-state index in [0.29, 0.717) is 38.1 Å². The van der Waals surface area contributed by atoms with Crippen LogP contribution in [0.3, 0.4) is 0 Å². The van der Waals surface area contributed by atoms with Crippen LogP contribution in [0.15, 0.2) is 127 Å². The first-order valence-corrected chi connectivity index (χ1v) is 29.1. The van der Waals surface area contributed by atoms with Crippen molar-refractivity contribution in [1.29, 1.82) is 0 Å². The first kappa shape index (κ1) is 67.2. The van der Waals surface area contributed by atoms with E-state index in [9.17, 15) is 28.8 Å². The van der Waals surface area contributed by atoms with Crippen molar-refractivity contribution in [1.82, 2.24) is 0 Å². The van der Waals surface area contributed by atoms with Crippen molar-refractivity contribution < 1.29 is 61.9 Å². The molecule has 0 radical (unpaired) electrons. The maximum absolute atomic E-state index is 12.1. The van der Waals surface area contributed by atoms with Gasteiger partial charge in [-0.25, -0.2) is 14.4 Å². The maximum Gasteiger partial charge on any atom is 0.331 e. The molecule has 0 aliphatic heterocycles. The highest BCUT2D eigenvalue weighted by Crippen LogP contribution is 2.30. The third-order valence-corrected chi connectivity index (χ3v) is 15.2. The fourth-order valence-corrected chi connectivity index (χ4v) is 8.12. The van der Waals surface area contributed by atoms with Crippen LogP contribution >= 0.6 is 0 Å². The van der Waals surface area contributed by atoms with Crippen molar-refractivity contribution >= 4 is 54.0 Å². The molecule has 0 spiro atoms. The van der Waals surface area contributed by atoms with E-state index < -0.39 is 22.2 Å². The van der Waals surface area contributed by atoms with E-state index in [0.717, 1.165) is 92.2 Å². The summed E-state index contributed by atoms with van der Waals surface area (Å²) >= 11 is 0. The fraction of sp³-hybridized carbons (Fsp3) is 0.478. The molecule has 0 atom stereocenters. The Morgan fingerprint density at radius 1 is 0.439 bits per heavy atom. The molecular formula is C69H90O13. The van der Waals surface area contributed by atoms with E-state index >= 15 is 0 Å². The monoisotopic (exact) mass is 1130 g/mol. The summed E-state index contributed by atoms with van der Waals surface area (Å²) in [5.41, 5.74) is 3.74. The zero-order chi connectivity index (χ0) is 60.0. The molecule has 82 heavy (non-hydrogen) atoms. The molecule has 13 heteroatoms. The largest absolute Gasteiger partial charge is 0.489 e. The molecule has 13 nitrogen and oxygen atoms in total. The second-order valence-electron chi connectivity index (χ2n) is 23.0. The molecule has 2 aliphatic rings. The molecule has 0 saturated heterocycles. The Kier molecular flexibility index (Phi) is 28.6. The van der Waals surface area contributed by atoms with Crippen molar-refractivity contribution in [3.8, 4) is 5.75 Å². The predicted molar refractivity (Wildman–Crippen MR) is 322 cm³/mol. The molecule has 0 amide bonds. The van der Waals surface area contributed by atoms with Crippen LogP contribution in [0.25, 0.3) is 18.2 Å². The zero-order valence-electron chi connectivity index (χ0n) is 50.3. The lowest BCUT2D eigenvalue weighted by Gasteiger charge is -2.29.